The van der Waals surface area contributed by atoms with Gasteiger partial charge in [0, 0.05) is 18.1 Å². The van der Waals surface area contributed by atoms with Crippen LogP contribution in [0.3, 0.4) is 0 Å². The molecule has 5 N–H and O–H groups in total. The predicted octanol–water partition coefficient (Wildman–Crippen LogP) is 5.37. The van der Waals surface area contributed by atoms with Crippen molar-refractivity contribution in [1.82, 2.24) is 19.5 Å². The van der Waals surface area contributed by atoms with Crippen LogP contribution in [-0.4, -0.2) is 31.6 Å². The summed E-state index contributed by atoms with van der Waals surface area (Å²) in [4.78, 5) is 14.3. The number of anilines is 3. The summed E-state index contributed by atoms with van der Waals surface area (Å²) in [6.45, 7) is 0. The van der Waals surface area contributed by atoms with E-state index in [-0.39, 0.29) is 0 Å². The molecular weight excluding hydrogens is 447 g/mol. The minimum absolute atomic E-state index is 0.294. The summed E-state index contributed by atoms with van der Waals surface area (Å²) in [5.41, 5.74) is 14.5. The standard InChI is InChI=1S/C22H28Cl2N8/c23-16-6-3-7-17(24)18(16)30-31-20-19-21(32(12-26-19)15-4-1-2-5-15)29-22(28-20)27-14-10-8-13(25)9-11-14/h3,6-7,12-15,30H,1-2,4-5,8-11,25H2,(H2,27,28,29,31). The van der Waals surface area contributed by atoms with E-state index >= 15 is 0 Å². The number of nitrogens with two attached hydrogens (primary N) is 1. The van der Waals surface area contributed by atoms with Gasteiger partial charge in [-0.2, -0.15) is 9.97 Å². The Hall–Kier alpha value is -2.29. The normalized spacial score (nSPS) is 21.7. The number of nitrogens with zero attached hydrogens (tertiary/aromatic N) is 4. The number of aromatic nitrogens is 4. The molecule has 2 heterocycles. The zero-order valence-corrected chi connectivity index (χ0v) is 19.3. The molecule has 0 saturated heterocycles. The Kier molecular flexibility index (Phi) is 6.26. The molecular formula is C22H28Cl2N8. The van der Waals surface area contributed by atoms with Crippen LogP contribution in [0.1, 0.15) is 57.4 Å². The maximum atomic E-state index is 6.31. The van der Waals surface area contributed by atoms with Crippen molar-refractivity contribution in [3.8, 4) is 0 Å². The van der Waals surface area contributed by atoms with Crippen molar-refractivity contribution in [3.05, 3.63) is 34.6 Å². The molecule has 170 valence electrons. The second kappa shape index (κ2) is 9.29. The van der Waals surface area contributed by atoms with Gasteiger partial charge in [0.15, 0.2) is 17.0 Å². The Morgan fingerprint density at radius 1 is 0.938 bits per heavy atom. The second-order valence-corrected chi connectivity index (χ2v) is 9.58. The van der Waals surface area contributed by atoms with Crippen molar-refractivity contribution < 1.29 is 0 Å². The van der Waals surface area contributed by atoms with Crippen molar-refractivity contribution >= 4 is 51.8 Å². The van der Waals surface area contributed by atoms with Gasteiger partial charge in [-0.05, 0) is 50.7 Å². The molecule has 0 radical (unpaired) electrons. The lowest BCUT2D eigenvalue weighted by Crippen LogP contribution is -2.33. The zero-order valence-electron chi connectivity index (χ0n) is 17.8. The average Bonchev–Trinajstić information content (AvgIpc) is 3.45. The summed E-state index contributed by atoms with van der Waals surface area (Å²) in [6, 6.07) is 6.40. The van der Waals surface area contributed by atoms with E-state index in [1.807, 2.05) is 6.33 Å². The van der Waals surface area contributed by atoms with Crippen molar-refractivity contribution in [2.45, 2.75) is 69.5 Å². The van der Waals surface area contributed by atoms with E-state index in [1.54, 1.807) is 18.2 Å². The van der Waals surface area contributed by atoms with E-state index in [1.165, 1.54) is 12.8 Å². The molecule has 2 aliphatic carbocycles. The molecule has 10 heteroatoms. The molecule has 0 atom stereocenters. The number of halogens is 2. The molecule has 2 fully saturated rings. The number of hydrogen-bond acceptors (Lipinski definition) is 7. The van der Waals surface area contributed by atoms with Gasteiger partial charge in [-0.15, -0.1) is 0 Å². The molecule has 2 saturated carbocycles. The molecule has 0 bridgehead atoms. The number of hydrazine groups is 1. The smallest absolute Gasteiger partial charge is 0.227 e. The van der Waals surface area contributed by atoms with Gasteiger partial charge in [0.1, 0.15) is 0 Å². The molecule has 3 aromatic rings. The molecule has 1 aromatic carbocycles. The Morgan fingerprint density at radius 2 is 1.66 bits per heavy atom. The molecule has 0 amide bonds. The van der Waals surface area contributed by atoms with Crippen LogP contribution in [0.15, 0.2) is 24.5 Å². The monoisotopic (exact) mass is 474 g/mol. The third kappa shape index (κ3) is 4.44. The highest BCUT2D eigenvalue weighted by atomic mass is 35.5. The summed E-state index contributed by atoms with van der Waals surface area (Å²) in [5.74, 6) is 1.17. The summed E-state index contributed by atoms with van der Waals surface area (Å²) >= 11 is 12.6. The largest absolute Gasteiger partial charge is 0.351 e. The number of benzene rings is 1. The van der Waals surface area contributed by atoms with Crippen molar-refractivity contribution in [2.75, 3.05) is 16.2 Å². The lowest BCUT2D eigenvalue weighted by Gasteiger charge is -2.27. The highest BCUT2D eigenvalue weighted by molar-refractivity contribution is 6.39. The third-order valence-corrected chi connectivity index (χ3v) is 7.14. The minimum atomic E-state index is 0.294. The van der Waals surface area contributed by atoms with Crippen LogP contribution in [0.4, 0.5) is 17.5 Å². The van der Waals surface area contributed by atoms with Gasteiger partial charge in [0.05, 0.1) is 22.1 Å². The fourth-order valence-electron chi connectivity index (χ4n) is 4.70. The summed E-state index contributed by atoms with van der Waals surface area (Å²) in [6.07, 6.45) is 10.7. The van der Waals surface area contributed by atoms with E-state index in [4.69, 9.17) is 38.9 Å². The first-order valence-electron chi connectivity index (χ1n) is 11.3. The zero-order chi connectivity index (χ0) is 22.1. The van der Waals surface area contributed by atoms with Crippen LogP contribution in [0.25, 0.3) is 11.2 Å². The lowest BCUT2D eigenvalue weighted by atomic mass is 9.92. The predicted molar refractivity (Wildman–Crippen MR) is 130 cm³/mol. The SMILES string of the molecule is NC1CCC(Nc2nc(NNc3c(Cl)cccc3Cl)c3ncn(C4CCCC4)c3n2)CC1. The molecule has 2 aliphatic rings. The molecule has 0 spiro atoms. The van der Waals surface area contributed by atoms with Crippen LogP contribution < -0.4 is 21.9 Å². The fraction of sp³-hybridized carbons (Fsp3) is 0.500. The third-order valence-electron chi connectivity index (χ3n) is 6.51. The number of para-hydroxylation sites is 1. The molecule has 5 rings (SSSR count). The van der Waals surface area contributed by atoms with Gasteiger partial charge >= 0.3 is 0 Å². The fourth-order valence-corrected chi connectivity index (χ4v) is 5.19. The van der Waals surface area contributed by atoms with E-state index in [9.17, 15) is 0 Å². The number of imidazole rings is 1. The number of fused-ring (bicyclic) bond motifs is 1. The van der Waals surface area contributed by atoms with Gasteiger partial charge in [-0.25, -0.2) is 4.98 Å². The van der Waals surface area contributed by atoms with Gasteiger partial charge in [0.25, 0.3) is 0 Å². The van der Waals surface area contributed by atoms with E-state index in [0.29, 0.717) is 51.1 Å². The molecule has 32 heavy (non-hydrogen) atoms. The first-order valence-corrected chi connectivity index (χ1v) is 12.1. The van der Waals surface area contributed by atoms with Crippen molar-refractivity contribution in [2.24, 2.45) is 5.73 Å². The van der Waals surface area contributed by atoms with E-state index in [0.717, 1.165) is 44.2 Å². The summed E-state index contributed by atoms with van der Waals surface area (Å²) in [7, 11) is 0. The first-order chi connectivity index (χ1) is 15.6. The van der Waals surface area contributed by atoms with Gasteiger partial charge in [-0.3, -0.25) is 10.9 Å². The van der Waals surface area contributed by atoms with Crippen LogP contribution in [0.5, 0.6) is 0 Å². The molecule has 2 aromatic heterocycles. The highest BCUT2D eigenvalue weighted by Crippen LogP contribution is 2.34. The van der Waals surface area contributed by atoms with Crippen molar-refractivity contribution in [3.63, 3.8) is 0 Å². The number of hydrogen-bond donors (Lipinski definition) is 4. The van der Waals surface area contributed by atoms with Gasteiger partial charge in [0.2, 0.25) is 5.95 Å². The van der Waals surface area contributed by atoms with Crippen LogP contribution >= 0.6 is 23.2 Å². The van der Waals surface area contributed by atoms with Crippen LogP contribution in [0.2, 0.25) is 10.0 Å². The average molecular weight is 475 g/mol. The molecule has 8 nitrogen and oxygen atoms in total. The van der Waals surface area contributed by atoms with Gasteiger partial charge < -0.3 is 15.6 Å². The van der Waals surface area contributed by atoms with Crippen molar-refractivity contribution in [1.29, 1.82) is 0 Å². The highest BCUT2D eigenvalue weighted by Gasteiger charge is 2.24. The Morgan fingerprint density at radius 3 is 2.38 bits per heavy atom. The van der Waals surface area contributed by atoms with Gasteiger partial charge in [-0.1, -0.05) is 42.1 Å². The Labute approximate surface area is 197 Å². The van der Waals surface area contributed by atoms with Crippen LogP contribution in [-0.2, 0) is 0 Å². The first kappa shape index (κ1) is 21.6. The summed E-state index contributed by atoms with van der Waals surface area (Å²) < 4.78 is 2.19. The maximum Gasteiger partial charge on any atom is 0.227 e. The van der Waals surface area contributed by atoms with Crippen LogP contribution in [0, 0.1) is 0 Å². The molecule has 0 aliphatic heterocycles. The lowest BCUT2D eigenvalue weighted by molar-refractivity contribution is 0.410. The number of rotatable bonds is 6. The number of nitrogens with one attached hydrogen (secondary N) is 3. The topological polar surface area (TPSA) is 106 Å². The molecule has 0 unspecified atom stereocenters. The van der Waals surface area contributed by atoms with E-state index in [2.05, 4.69) is 25.7 Å². The quantitative estimate of drug-likeness (QED) is 0.355. The Balaban J connectivity index is 1.47. The Bertz CT molecular complexity index is 1070. The minimum Gasteiger partial charge on any atom is -0.351 e. The van der Waals surface area contributed by atoms with E-state index < -0.39 is 0 Å². The second-order valence-electron chi connectivity index (χ2n) is 8.76. The summed E-state index contributed by atoms with van der Waals surface area (Å²) in [5, 5.41) is 4.56. The maximum absolute atomic E-state index is 6.31.